The number of nitrogens with zero attached hydrogens (tertiary/aromatic N) is 2. The zero-order chi connectivity index (χ0) is 12.1. The molecule has 0 saturated heterocycles. The first-order valence-corrected chi connectivity index (χ1v) is 5.72. The minimum absolute atomic E-state index is 0.651. The van der Waals surface area contributed by atoms with Gasteiger partial charge in [-0.05, 0) is 6.07 Å². The maximum Gasteiger partial charge on any atom is 0.226 e. The Hall–Kier alpha value is -2.62. The maximum absolute atomic E-state index is 11.9. The summed E-state index contributed by atoms with van der Waals surface area (Å²) < 4.78 is 0.868. The number of para-hydroxylation sites is 1. The molecule has 4 heteroatoms. The summed E-state index contributed by atoms with van der Waals surface area (Å²) in [6.45, 7) is 0. The second-order valence-electron chi connectivity index (χ2n) is 4.30. The number of hydrogen-bond donors (Lipinski definition) is 1. The quantitative estimate of drug-likeness (QED) is 0.519. The van der Waals surface area contributed by atoms with Gasteiger partial charge in [0.2, 0.25) is 11.7 Å². The van der Waals surface area contributed by atoms with Gasteiger partial charge in [0.1, 0.15) is 5.82 Å². The molecule has 18 heavy (non-hydrogen) atoms. The largest absolute Gasteiger partial charge is 0.618 e. The fraction of sp³-hybridized carbons (Fsp3) is 0. The van der Waals surface area contributed by atoms with Crippen LogP contribution >= 0.6 is 0 Å². The second-order valence-corrected chi connectivity index (χ2v) is 4.30. The van der Waals surface area contributed by atoms with Crippen LogP contribution in [0, 0.1) is 5.21 Å². The molecule has 2 heterocycles. The van der Waals surface area contributed by atoms with Crippen molar-refractivity contribution in [1.82, 2.24) is 9.97 Å². The summed E-state index contributed by atoms with van der Waals surface area (Å²) in [7, 11) is 0. The van der Waals surface area contributed by atoms with Gasteiger partial charge in [0, 0.05) is 11.6 Å². The molecule has 0 spiro atoms. The molecule has 2 aromatic heterocycles. The average Bonchev–Trinajstić information content (AvgIpc) is 2.70. The Labute approximate surface area is 102 Å². The third kappa shape index (κ3) is 1.14. The first-order chi connectivity index (χ1) is 8.83. The van der Waals surface area contributed by atoms with Gasteiger partial charge in [0.05, 0.1) is 10.9 Å². The molecule has 0 saturated carbocycles. The lowest BCUT2D eigenvalue weighted by Gasteiger charge is -2.01. The highest BCUT2D eigenvalue weighted by molar-refractivity contribution is 6.01. The molecule has 1 N–H and O–H groups in total. The number of imidazole rings is 1. The van der Waals surface area contributed by atoms with Crippen LogP contribution < -0.4 is 4.73 Å². The minimum atomic E-state index is 0.651. The van der Waals surface area contributed by atoms with Gasteiger partial charge in [-0.25, -0.2) is 4.98 Å². The van der Waals surface area contributed by atoms with Crippen molar-refractivity contribution in [3.05, 3.63) is 59.7 Å². The van der Waals surface area contributed by atoms with Gasteiger partial charge in [-0.1, -0.05) is 30.4 Å². The van der Waals surface area contributed by atoms with Crippen molar-refractivity contribution < 1.29 is 4.73 Å². The molecule has 0 atom stereocenters. The Kier molecular flexibility index (Phi) is 1.67. The van der Waals surface area contributed by atoms with Crippen molar-refractivity contribution in [2.75, 3.05) is 0 Å². The van der Waals surface area contributed by atoms with E-state index < -0.39 is 0 Å². The number of benzene rings is 1. The standard InChI is InChI=1S/C14H9N3O/c18-17-8-11-13(10-6-1-2-7-12(10)17)16-14(15-11)9-4-3-5-9/h1-8H,(H,15,16). The van der Waals surface area contributed by atoms with Gasteiger partial charge >= 0.3 is 0 Å². The van der Waals surface area contributed by atoms with Crippen LogP contribution in [0.15, 0.2) is 48.7 Å². The molecule has 3 aromatic rings. The normalized spacial score (nSPS) is 13.9. The summed E-state index contributed by atoms with van der Waals surface area (Å²) in [6.07, 6.45) is 7.46. The van der Waals surface area contributed by atoms with E-state index in [1.54, 1.807) is 0 Å². The zero-order valence-corrected chi connectivity index (χ0v) is 9.42. The number of pyridine rings is 1. The third-order valence-corrected chi connectivity index (χ3v) is 3.21. The molecular weight excluding hydrogens is 226 g/mol. The van der Waals surface area contributed by atoms with E-state index >= 15 is 0 Å². The van der Waals surface area contributed by atoms with E-state index in [1.807, 2.05) is 42.5 Å². The Morgan fingerprint density at radius 2 is 2.06 bits per heavy atom. The van der Waals surface area contributed by atoms with E-state index in [0.29, 0.717) is 11.0 Å². The van der Waals surface area contributed by atoms with E-state index in [0.717, 1.165) is 27.0 Å². The summed E-state index contributed by atoms with van der Waals surface area (Å²) >= 11 is 0. The van der Waals surface area contributed by atoms with Gasteiger partial charge in [-0.2, -0.15) is 4.73 Å². The summed E-state index contributed by atoms with van der Waals surface area (Å²) in [5.41, 5.74) is 3.32. The summed E-state index contributed by atoms with van der Waals surface area (Å²) in [5.74, 6) is 0.809. The average molecular weight is 235 g/mol. The van der Waals surface area contributed by atoms with Crippen molar-refractivity contribution in [3.8, 4) is 0 Å². The lowest BCUT2D eigenvalue weighted by Crippen LogP contribution is -2.26. The molecule has 86 valence electrons. The lowest BCUT2D eigenvalue weighted by molar-refractivity contribution is -0.575. The van der Waals surface area contributed by atoms with E-state index in [2.05, 4.69) is 9.97 Å². The number of allylic oxidation sites excluding steroid dienone is 4. The van der Waals surface area contributed by atoms with Crippen LogP contribution in [-0.4, -0.2) is 9.97 Å². The minimum Gasteiger partial charge on any atom is -0.618 e. The van der Waals surface area contributed by atoms with Crippen LogP contribution in [0.3, 0.4) is 0 Å². The SMILES string of the molecule is [O-][n+]1cc2nc(C3=CC=C3)[nH]c2c2ccccc21. The Morgan fingerprint density at radius 1 is 1.22 bits per heavy atom. The fourth-order valence-corrected chi connectivity index (χ4v) is 2.23. The third-order valence-electron chi connectivity index (χ3n) is 3.21. The number of H-pyrrole nitrogens is 1. The van der Waals surface area contributed by atoms with Crippen molar-refractivity contribution in [2.45, 2.75) is 0 Å². The van der Waals surface area contributed by atoms with Crippen LogP contribution in [0.25, 0.3) is 27.5 Å². The number of fused-ring (bicyclic) bond motifs is 3. The Balaban J connectivity index is 2.11. The number of rotatable bonds is 1. The summed E-state index contributed by atoms with van der Waals surface area (Å²) in [5, 5.41) is 12.8. The molecule has 0 aliphatic heterocycles. The van der Waals surface area contributed by atoms with Crippen LogP contribution in [0.2, 0.25) is 0 Å². The first kappa shape index (κ1) is 9.41. The highest BCUT2D eigenvalue weighted by Crippen LogP contribution is 2.25. The summed E-state index contributed by atoms with van der Waals surface area (Å²) in [4.78, 5) is 7.73. The lowest BCUT2D eigenvalue weighted by atomic mass is 10.1. The van der Waals surface area contributed by atoms with E-state index in [-0.39, 0.29) is 0 Å². The molecule has 0 radical (unpaired) electrons. The molecular formula is C14H9N3O. The molecule has 0 unspecified atom stereocenters. The van der Waals surface area contributed by atoms with Gasteiger partial charge < -0.3 is 10.2 Å². The van der Waals surface area contributed by atoms with Crippen LogP contribution in [0.4, 0.5) is 0 Å². The predicted molar refractivity (Wildman–Crippen MR) is 69.7 cm³/mol. The highest BCUT2D eigenvalue weighted by Gasteiger charge is 2.15. The predicted octanol–water partition coefficient (Wildman–Crippen LogP) is 2.30. The van der Waals surface area contributed by atoms with Gasteiger partial charge in [-0.3, -0.25) is 0 Å². The highest BCUT2D eigenvalue weighted by atomic mass is 16.5. The number of aromatic amines is 1. The van der Waals surface area contributed by atoms with Gasteiger partial charge in [-0.15, -0.1) is 0 Å². The molecule has 0 bridgehead atoms. The smallest absolute Gasteiger partial charge is 0.226 e. The topological polar surface area (TPSA) is 55.6 Å². The number of aromatic nitrogens is 3. The molecule has 4 rings (SSSR count). The van der Waals surface area contributed by atoms with Gasteiger partial charge in [0.15, 0.2) is 5.52 Å². The van der Waals surface area contributed by atoms with Crippen LogP contribution in [0.5, 0.6) is 0 Å². The first-order valence-electron chi connectivity index (χ1n) is 5.72. The molecule has 1 aliphatic rings. The van der Waals surface area contributed by atoms with Crippen molar-refractivity contribution >= 4 is 27.5 Å². The van der Waals surface area contributed by atoms with Gasteiger partial charge in [0.25, 0.3) is 0 Å². The van der Waals surface area contributed by atoms with E-state index in [9.17, 15) is 5.21 Å². The molecule has 1 aliphatic carbocycles. The number of nitrogens with one attached hydrogen (secondary N) is 1. The van der Waals surface area contributed by atoms with E-state index in [1.165, 1.54) is 6.20 Å². The maximum atomic E-state index is 11.9. The monoisotopic (exact) mass is 235 g/mol. The Morgan fingerprint density at radius 3 is 2.83 bits per heavy atom. The van der Waals surface area contributed by atoms with Crippen molar-refractivity contribution in [1.29, 1.82) is 0 Å². The number of hydrogen-bond acceptors (Lipinski definition) is 2. The van der Waals surface area contributed by atoms with Crippen molar-refractivity contribution in [3.63, 3.8) is 0 Å². The second kappa shape index (κ2) is 3.20. The molecule has 1 aromatic carbocycles. The van der Waals surface area contributed by atoms with Crippen LogP contribution in [0.1, 0.15) is 5.82 Å². The molecule has 0 amide bonds. The summed E-state index contributed by atoms with van der Waals surface area (Å²) in [6, 6.07) is 7.52. The fourth-order valence-electron chi connectivity index (χ4n) is 2.23. The van der Waals surface area contributed by atoms with E-state index in [4.69, 9.17) is 0 Å². The van der Waals surface area contributed by atoms with Crippen LogP contribution in [-0.2, 0) is 0 Å². The van der Waals surface area contributed by atoms with Crippen molar-refractivity contribution in [2.24, 2.45) is 0 Å². The zero-order valence-electron chi connectivity index (χ0n) is 9.42. The Bertz CT molecular complexity index is 843. The molecule has 0 fully saturated rings. The molecule has 4 nitrogen and oxygen atoms in total.